The zero-order valence-corrected chi connectivity index (χ0v) is 16.3. The summed E-state index contributed by atoms with van der Waals surface area (Å²) < 4.78 is 33.2. The molecule has 1 aromatic heterocycles. The Kier molecular flexibility index (Phi) is 6.01. The zero-order valence-electron chi connectivity index (χ0n) is 13.9. The summed E-state index contributed by atoms with van der Waals surface area (Å²) >= 11 is 7.75. The summed E-state index contributed by atoms with van der Waals surface area (Å²) in [4.78, 5) is 2.40. The third-order valence-electron chi connectivity index (χ3n) is 4.40. The van der Waals surface area contributed by atoms with Crippen molar-refractivity contribution < 1.29 is 13.2 Å². The highest BCUT2D eigenvalue weighted by atomic mass is 35.5. The highest BCUT2D eigenvalue weighted by Gasteiger charge is 2.26. The summed E-state index contributed by atoms with van der Waals surface area (Å²) in [6, 6.07) is 6.67. The number of benzene rings is 1. The van der Waals surface area contributed by atoms with Crippen molar-refractivity contribution in [3.8, 4) is 5.75 Å². The average molecular weight is 401 g/mol. The molecule has 0 aliphatic carbocycles. The predicted molar refractivity (Wildman–Crippen MR) is 101 cm³/mol. The van der Waals surface area contributed by atoms with E-state index in [1.165, 1.54) is 19.2 Å². The highest BCUT2D eigenvalue weighted by Crippen LogP contribution is 2.29. The largest absolute Gasteiger partial charge is 0.497 e. The molecule has 0 bridgehead atoms. The molecule has 0 amide bonds. The van der Waals surface area contributed by atoms with Crippen LogP contribution < -0.4 is 9.46 Å². The number of nitrogens with zero attached hydrogens (tertiary/aromatic N) is 1. The molecule has 1 aliphatic heterocycles. The number of hydrogen-bond acceptors (Lipinski definition) is 5. The minimum Gasteiger partial charge on any atom is -0.497 e. The van der Waals surface area contributed by atoms with Crippen LogP contribution in [-0.4, -0.2) is 40.1 Å². The van der Waals surface area contributed by atoms with Crippen LogP contribution in [0.1, 0.15) is 24.4 Å². The van der Waals surface area contributed by atoms with Gasteiger partial charge in [0.2, 0.25) is 10.0 Å². The molecule has 136 valence electrons. The second-order valence-corrected chi connectivity index (χ2v) is 8.89. The maximum absolute atomic E-state index is 12.7. The number of halogens is 1. The molecule has 25 heavy (non-hydrogen) atoms. The van der Waals surface area contributed by atoms with Crippen LogP contribution in [0.25, 0.3) is 0 Å². The Balaban J connectivity index is 1.77. The Bertz CT molecular complexity index is 803. The van der Waals surface area contributed by atoms with Crippen molar-refractivity contribution in [1.82, 2.24) is 9.62 Å². The highest BCUT2D eigenvalue weighted by molar-refractivity contribution is 7.89. The van der Waals surface area contributed by atoms with Gasteiger partial charge in [-0.3, -0.25) is 4.90 Å². The molecule has 1 aromatic carbocycles. The summed E-state index contributed by atoms with van der Waals surface area (Å²) in [6.07, 6.45) is 2.30. The Labute approximate surface area is 157 Å². The fourth-order valence-corrected chi connectivity index (χ4v) is 5.35. The van der Waals surface area contributed by atoms with Crippen LogP contribution in [0.4, 0.5) is 0 Å². The van der Waals surface area contributed by atoms with Crippen LogP contribution in [0.5, 0.6) is 5.75 Å². The molecule has 0 spiro atoms. The second-order valence-electron chi connectivity index (χ2n) is 5.96. The van der Waals surface area contributed by atoms with Gasteiger partial charge >= 0.3 is 0 Å². The predicted octanol–water partition coefficient (Wildman–Crippen LogP) is 3.53. The van der Waals surface area contributed by atoms with Crippen LogP contribution >= 0.6 is 22.9 Å². The Morgan fingerprint density at radius 2 is 2.08 bits per heavy atom. The number of hydrogen-bond donors (Lipinski definition) is 1. The number of methoxy groups -OCH3 is 1. The van der Waals surface area contributed by atoms with Gasteiger partial charge < -0.3 is 4.74 Å². The minimum atomic E-state index is -3.69. The molecule has 1 atom stereocenters. The summed E-state index contributed by atoms with van der Waals surface area (Å²) in [5.41, 5.74) is 1.15. The van der Waals surface area contributed by atoms with Crippen molar-refractivity contribution in [3.63, 3.8) is 0 Å². The first-order valence-electron chi connectivity index (χ1n) is 8.10. The Morgan fingerprint density at radius 3 is 2.68 bits per heavy atom. The lowest BCUT2D eigenvalue weighted by Crippen LogP contribution is -2.36. The molecule has 1 N–H and O–H groups in total. The van der Waals surface area contributed by atoms with E-state index in [2.05, 4.69) is 21.1 Å². The molecule has 0 saturated carbocycles. The SMILES string of the molecule is COc1ccc(S(=O)(=O)NCC(c2ccsc2)N2CCCC2)c(Cl)c1. The number of rotatable bonds is 7. The van der Waals surface area contributed by atoms with Gasteiger partial charge in [0, 0.05) is 18.7 Å². The summed E-state index contributed by atoms with van der Waals surface area (Å²) in [6.45, 7) is 2.30. The standard InChI is InChI=1S/C17H21ClN2O3S2/c1-23-14-4-5-17(15(18)10-14)25(21,22)19-11-16(13-6-9-24-12-13)20-7-2-3-8-20/h4-6,9-10,12,16,19H,2-3,7-8,11H2,1H3. The van der Waals surface area contributed by atoms with E-state index in [0.717, 1.165) is 31.5 Å². The van der Waals surface area contributed by atoms with E-state index in [1.54, 1.807) is 17.4 Å². The molecule has 0 radical (unpaired) electrons. The Morgan fingerprint density at radius 1 is 1.32 bits per heavy atom. The summed E-state index contributed by atoms with van der Waals surface area (Å²) in [5.74, 6) is 0.525. The van der Waals surface area contributed by atoms with Crippen molar-refractivity contribution in [2.24, 2.45) is 0 Å². The lowest BCUT2D eigenvalue weighted by atomic mass is 10.1. The van der Waals surface area contributed by atoms with Crippen LogP contribution in [0.2, 0.25) is 5.02 Å². The number of thiophene rings is 1. The lowest BCUT2D eigenvalue weighted by molar-refractivity contribution is 0.247. The first-order valence-corrected chi connectivity index (χ1v) is 10.9. The summed E-state index contributed by atoms with van der Waals surface area (Å²) in [7, 11) is -2.18. The lowest BCUT2D eigenvalue weighted by Gasteiger charge is -2.27. The fourth-order valence-electron chi connectivity index (χ4n) is 3.07. The van der Waals surface area contributed by atoms with Crippen molar-refractivity contribution >= 4 is 33.0 Å². The molecule has 3 rings (SSSR count). The number of likely N-dealkylation sites (tertiary alicyclic amines) is 1. The maximum Gasteiger partial charge on any atom is 0.242 e. The topological polar surface area (TPSA) is 58.6 Å². The van der Waals surface area contributed by atoms with Gasteiger partial charge in [-0.1, -0.05) is 11.6 Å². The number of ether oxygens (including phenoxy) is 1. The van der Waals surface area contributed by atoms with E-state index in [9.17, 15) is 8.42 Å². The van der Waals surface area contributed by atoms with Crippen molar-refractivity contribution in [2.45, 2.75) is 23.8 Å². The zero-order chi connectivity index (χ0) is 17.9. The maximum atomic E-state index is 12.7. The molecule has 5 nitrogen and oxygen atoms in total. The van der Waals surface area contributed by atoms with Crippen molar-refractivity contribution in [3.05, 3.63) is 45.6 Å². The smallest absolute Gasteiger partial charge is 0.242 e. The Hall–Kier alpha value is -1.12. The van der Waals surface area contributed by atoms with E-state index in [-0.39, 0.29) is 16.0 Å². The van der Waals surface area contributed by atoms with E-state index in [4.69, 9.17) is 16.3 Å². The molecular weight excluding hydrogens is 380 g/mol. The van der Waals surface area contributed by atoms with Gasteiger partial charge in [0.05, 0.1) is 12.1 Å². The van der Waals surface area contributed by atoms with Crippen molar-refractivity contribution in [1.29, 1.82) is 0 Å². The van der Waals surface area contributed by atoms with Gasteiger partial charge in [0.15, 0.2) is 0 Å². The van der Waals surface area contributed by atoms with Crippen LogP contribution in [-0.2, 0) is 10.0 Å². The van der Waals surface area contributed by atoms with E-state index >= 15 is 0 Å². The first kappa shape index (κ1) is 18.7. The molecule has 8 heteroatoms. The van der Waals surface area contributed by atoms with Gasteiger partial charge in [-0.25, -0.2) is 13.1 Å². The molecule has 1 saturated heterocycles. The van der Waals surface area contributed by atoms with Gasteiger partial charge in [0.1, 0.15) is 10.6 Å². The average Bonchev–Trinajstić information content (AvgIpc) is 3.28. The molecule has 1 fully saturated rings. The monoisotopic (exact) mass is 400 g/mol. The van der Waals surface area contributed by atoms with Crippen LogP contribution in [0.3, 0.4) is 0 Å². The van der Waals surface area contributed by atoms with E-state index in [0.29, 0.717) is 12.3 Å². The van der Waals surface area contributed by atoms with Gasteiger partial charge in [-0.05, 0) is 60.5 Å². The second kappa shape index (κ2) is 8.05. The van der Waals surface area contributed by atoms with E-state index in [1.807, 2.05) is 5.38 Å². The normalized spacial score (nSPS) is 16.9. The minimum absolute atomic E-state index is 0.0422. The van der Waals surface area contributed by atoms with E-state index < -0.39 is 10.0 Å². The number of nitrogens with one attached hydrogen (secondary N) is 1. The van der Waals surface area contributed by atoms with Crippen LogP contribution in [0.15, 0.2) is 39.9 Å². The molecule has 2 heterocycles. The molecule has 1 unspecified atom stereocenters. The quantitative estimate of drug-likeness (QED) is 0.772. The molecular formula is C17H21ClN2O3S2. The van der Waals surface area contributed by atoms with Crippen molar-refractivity contribution in [2.75, 3.05) is 26.7 Å². The van der Waals surface area contributed by atoms with Crippen LogP contribution in [0, 0.1) is 0 Å². The number of sulfonamides is 1. The fraction of sp³-hybridized carbons (Fsp3) is 0.412. The summed E-state index contributed by atoms with van der Waals surface area (Å²) in [5, 5.41) is 4.25. The first-order chi connectivity index (χ1) is 12.0. The molecule has 1 aliphatic rings. The third-order valence-corrected chi connectivity index (χ3v) is 7.01. The molecule has 2 aromatic rings. The van der Waals surface area contributed by atoms with Gasteiger partial charge in [-0.2, -0.15) is 11.3 Å². The third kappa shape index (κ3) is 4.35. The van der Waals surface area contributed by atoms with Gasteiger partial charge in [0.25, 0.3) is 0 Å². The van der Waals surface area contributed by atoms with Gasteiger partial charge in [-0.15, -0.1) is 0 Å².